The third kappa shape index (κ3) is 4.49. The van der Waals surface area contributed by atoms with Crippen LogP contribution in [0.25, 0.3) is 0 Å². The van der Waals surface area contributed by atoms with E-state index in [9.17, 15) is 14.4 Å². The first-order valence-electron chi connectivity index (χ1n) is 8.98. The van der Waals surface area contributed by atoms with Crippen molar-refractivity contribution in [3.8, 4) is 11.5 Å². The molecule has 0 bridgehead atoms. The first kappa shape index (κ1) is 19.4. The van der Waals surface area contributed by atoms with Gasteiger partial charge >= 0.3 is 5.97 Å². The topological polar surface area (TPSA) is 82.1 Å². The Bertz CT molecular complexity index is 826. The molecule has 1 aliphatic heterocycles. The number of ether oxygens (including phenoxy) is 3. The minimum absolute atomic E-state index is 0.0242. The molecule has 2 aromatic carbocycles. The van der Waals surface area contributed by atoms with E-state index in [1.165, 1.54) is 0 Å². The van der Waals surface area contributed by atoms with Crippen molar-refractivity contribution >= 4 is 17.8 Å². The lowest BCUT2D eigenvalue weighted by atomic mass is 10.1. The van der Waals surface area contributed by atoms with Gasteiger partial charge in [-0.05, 0) is 42.8 Å². The van der Waals surface area contributed by atoms with Crippen molar-refractivity contribution in [3.63, 3.8) is 0 Å². The van der Waals surface area contributed by atoms with Crippen LogP contribution in [-0.2, 0) is 9.53 Å². The maximum atomic E-state index is 12.2. The van der Waals surface area contributed by atoms with Gasteiger partial charge in [-0.15, -0.1) is 0 Å². The predicted octanol–water partition coefficient (Wildman–Crippen LogP) is 2.69. The van der Waals surface area contributed by atoms with Crippen LogP contribution in [0.2, 0.25) is 0 Å². The fourth-order valence-electron chi connectivity index (χ4n) is 2.84. The van der Waals surface area contributed by atoms with E-state index in [1.54, 1.807) is 55.6 Å². The Morgan fingerprint density at radius 1 is 0.893 bits per heavy atom. The van der Waals surface area contributed by atoms with Crippen LogP contribution in [-0.4, -0.2) is 49.6 Å². The average Bonchev–Trinajstić information content (AvgIpc) is 2.97. The van der Waals surface area contributed by atoms with Gasteiger partial charge < -0.3 is 14.2 Å². The monoisotopic (exact) mass is 383 g/mol. The molecule has 28 heavy (non-hydrogen) atoms. The number of carbonyl (C=O) groups excluding carboxylic acids is 3. The van der Waals surface area contributed by atoms with Gasteiger partial charge in [-0.3, -0.25) is 19.3 Å². The largest absolute Gasteiger partial charge is 0.497 e. The summed E-state index contributed by atoms with van der Waals surface area (Å²) in [6, 6.07) is 13.8. The summed E-state index contributed by atoms with van der Waals surface area (Å²) in [4.78, 5) is 37.3. The molecular formula is C21H21NO6. The van der Waals surface area contributed by atoms with Crippen molar-refractivity contribution < 1.29 is 28.6 Å². The highest BCUT2D eigenvalue weighted by molar-refractivity contribution is 6.21. The Labute approximate surface area is 162 Å². The van der Waals surface area contributed by atoms with Crippen LogP contribution in [0, 0.1) is 0 Å². The summed E-state index contributed by atoms with van der Waals surface area (Å²) in [7, 11) is 1.59. The Kier molecular flexibility index (Phi) is 6.26. The standard InChI is InChI=1S/C21H21NO6/c1-26-15-8-10-16(11-9-15)27-13-4-7-19(23)28-14-12-22-20(24)17-5-2-3-6-18(17)21(22)25/h2-3,5-6,8-11H,4,7,12-14H2,1H3. The number of imide groups is 1. The molecule has 0 atom stereocenters. The minimum Gasteiger partial charge on any atom is -0.497 e. The maximum absolute atomic E-state index is 12.2. The summed E-state index contributed by atoms with van der Waals surface area (Å²) in [5.41, 5.74) is 0.768. The van der Waals surface area contributed by atoms with E-state index in [2.05, 4.69) is 0 Å². The number of hydrogen-bond donors (Lipinski definition) is 0. The van der Waals surface area contributed by atoms with Gasteiger partial charge in [0.2, 0.25) is 0 Å². The second-order valence-electron chi connectivity index (χ2n) is 6.16. The van der Waals surface area contributed by atoms with Crippen LogP contribution in [0.1, 0.15) is 33.6 Å². The van der Waals surface area contributed by atoms with Gasteiger partial charge in [0, 0.05) is 6.42 Å². The number of amides is 2. The molecule has 146 valence electrons. The zero-order valence-electron chi connectivity index (χ0n) is 15.6. The molecule has 2 amide bonds. The van der Waals surface area contributed by atoms with Crippen molar-refractivity contribution in [2.75, 3.05) is 26.9 Å². The molecule has 0 radical (unpaired) electrons. The normalized spacial score (nSPS) is 12.7. The van der Waals surface area contributed by atoms with Gasteiger partial charge in [0.15, 0.2) is 0 Å². The van der Waals surface area contributed by atoms with E-state index < -0.39 is 5.97 Å². The van der Waals surface area contributed by atoms with Crippen LogP contribution in [0.3, 0.4) is 0 Å². The minimum atomic E-state index is -0.394. The smallest absolute Gasteiger partial charge is 0.305 e. The molecule has 7 nitrogen and oxygen atoms in total. The van der Waals surface area contributed by atoms with Crippen molar-refractivity contribution in [2.24, 2.45) is 0 Å². The van der Waals surface area contributed by atoms with Crippen molar-refractivity contribution in [3.05, 3.63) is 59.7 Å². The number of hydrogen-bond acceptors (Lipinski definition) is 6. The Morgan fingerprint density at radius 3 is 2.11 bits per heavy atom. The first-order valence-corrected chi connectivity index (χ1v) is 8.98. The Morgan fingerprint density at radius 2 is 1.50 bits per heavy atom. The van der Waals surface area contributed by atoms with Gasteiger partial charge in [-0.2, -0.15) is 0 Å². The molecule has 0 aliphatic carbocycles. The zero-order valence-corrected chi connectivity index (χ0v) is 15.6. The van der Waals surface area contributed by atoms with Gasteiger partial charge in [-0.25, -0.2) is 0 Å². The van der Waals surface area contributed by atoms with Crippen LogP contribution in [0.15, 0.2) is 48.5 Å². The summed E-state index contributed by atoms with van der Waals surface area (Å²) >= 11 is 0. The van der Waals surface area contributed by atoms with E-state index in [4.69, 9.17) is 14.2 Å². The fraction of sp³-hybridized carbons (Fsp3) is 0.286. The lowest BCUT2D eigenvalue weighted by Gasteiger charge is -2.13. The van der Waals surface area contributed by atoms with Crippen molar-refractivity contribution in [1.82, 2.24) is 4.90 Å². The zero-order chi connectivity index (χ0) is 19.9. The lowest BCUT2D eigenvalue weighted by Crippen LogP contribution is -2.33. The summed E-state index contributed by atoms with van der Waals surface area (Å²) < 4.78 is 15.7. The third-order valence-corrected chi connectivity index (χ3v) is 4.31. The molecular weight excluding hydrogens is 362 g/mol. The highest BCUT2D eigenvalue weighted by atomic mass is 16.5. The van der Waals surface area contributed by atoms with Crippen LogP contribution >= 0.6 is 0 Å². The number of benzene rings is 2. The van der Waals surface area contributed by atoms with E-state index in [1.807, 2.05) is 0 Å². The lowest BCUT2D eigenvalue weighted by molar-refractivity contribution is -0.144. The summed E-state index contributed by atoms with van der Waals surface area (Å²) in [6.07, 6.45) is 0.691. The summed E-state index contributed by atoms with van der Waals surface area (Å²) in [5, 5.41) is 0. The molecule has 0 saturated carbocycles. The number of methoxy groups -OCH3 is 1. The van der Waals surface area contributed by atoms with Gasteiger partial charge in [0.25, 0.3) is 11.8 Å². The number of nitrogens with zero attached hydrogens (tertiary/aromatic N) is 1. The fourth-order valence-corrected chi connectivity index (χ4v) is 2.84. The van der Waals surface area contributed by atoms with E-state index in [0.717, 1.165) is 10.6 Å². The second kappa shape index (κ2) is 9.03. The predicted molar refractivity (Wildman–Crippen MR) is 100 cm³/mol. The number of esters is 1. The number of fused-ring (bicyclic) bond motifs is 1. The highest BCUT2D eigenvalue weighted by Crippen LogP contribution is 2.22. The van der Waals surface area contributed by atoms with Gasteiger partial charge in [0.1, 0.15) is 18.1 Å². The van der Waals surface area contributed by atoms with Crippen LogP contribution in [0.5, 0.6) is 11.5 Å². The number of carbonyl (C=O) groups is 3. The molecule has 0 N–H and O–H groups in total. The van der Waals surface area contributed by atoms with Crippen molar-refractivity contribution in [2.45, 2.75) is 12.8 Å². The molecule has 3 rings (SSSR count). The van der Waals surface area contributed by atoms with E-state index in [0.29, 0.717) is 29.9 Å². The van der Waals surface area contributed by atoms with Gasteiger partial charge in [0.05, 0.1) is 31.4 Å². The van der Waals surface area contributed by atoms with E-state index in [-0.39, 0.29) is 31.4 Å². The molecule has 0 saturated heterocycles. The summed E-state index contributed by atoms with van der Waals surface area (Å²) in [6.45, 7) is 0.393. The Balaban J connectivity index is 1.34. The van der Waals surface area contributed by atoms with Crippen molar-refractivity contribution in [1.29, 1.82) is 0 Å². The maximum Gasteiger partial charge on any atom is 0.305 e. The quantitative estimate of drug-likeness (QED) is 0.376. The molecule has 0 fully saturated rings. The van der Waals surface area contributed by atoms with Crippen LogP contribution < -0.4 is 9.47 Å². The molecule has 0 aromatic heterocycles. The molecule has 1 heterocycles. The SMILES string of the molecule is COc1ccc(OCCCC(=O)OCCN2C(=O)c3ccccc3C2=O)cc1. The molecule has 2 aromatic rings. The Hall–Kier alpha value is -3.35. The summed E-state index contributed by atoms with van der Waals surface area (Å²) in [5.74, 6) is 0.331. The highest BCUT2D eigenvalue weighted by Gasteiger charge is 2.34. The van der Waals surface area contributed by atoms with Crippen LogP contribution in [0.4, 0.5) is 0 Å². The van der Waals surface area contributed by atoms with E-state index >= 15 is 0 Å². The second-order valence-corrected chi connectivity index (χ2v) is 6.16. The molecule has 0 spiro atoms. The van der Waals surface area contributed by atoms with Gasteiger partial charge in [-0.1, -0.05) is 12.1 Å². The first-order chi connectivity index (χ1) is 13.6. The molecule has 0 unspecified atom stereocenters. The third-order valence-electron chi connectivity index (χ3n) is 4.31. The molecule has 7 heteroatoms. The average molecular weight is 383 g/mol. The molecule has 1 aliphatic rings. The number of rotatable bonds is 9.